The van der Waals surface area contributed by atoms with Crippen molar-refractivity contribution in [1.82, 2.24) is 10.1 Å². The number of allylic oxidation sites excluding steroid dienone is 1. The van der Waals surface area contributed by atoms with Crippen LogP contribution in [0, 0.1) is 6.92 Å². The van der Waals surface area contributed by atoms with E-state index in [0.29, 0.717) is 11.3 Å². The molecule has 2 heterocycles. The molecular formula is C13H16BrN3O5S. The van der Waals surface area contributed by atoms with Crippen molar-refractivity contribution in [3.63, 3.8) is 0 Å². The molecule has 1 saturated heterocycles. The number of anilines is 1. The van der Waals surface area contributed by atoms with Gasteiger partial charge in [0.25, 0.3) is 5.91 Å². The van der Waals surface area contributed by atoms with E-state index in [-0.39, 0.29) is 17.4 Å². The molecule has 23 heavy (non-hydrogen) atoms. The minimum Gasteiger partial charge on any atom is -0.591 e. The maximum atomic E-state index is 12.5. The summed E-state index contributed by atoms with van der Waals surface area (Å²) >= 11 is 1.49. The Morgan fingerprint density at radius 1 is 1.57 bits per heavy atom. The Kier molecular flexibility index (Phi) is 5.37. The zero-order chi connectivity index (χ0) is 17.3. The molecule has 126 valence electrons. The van der Waals surface area contributed by atoms with Gasteiger partial charge in [0, 0.05) is 6.07 Å². The van der Waals surface area contributed by atoms with Gasteiger partial charge in [0.2, 0.25) is 11.2 Å². The maximum absolute atomic E-state index is 12.5. The number of halogens is 1. The first-order chi connectivity index (χ1) is 10.8. The van der Waals surface area contributed by atoms with E-state index < -0.39 is 27.5 Å². The van der Waals surface area contributed by atoms with E-state index in [0.717, 1.165) is 0 Å². The van der Waals surface area contributed by atoms with Crippen LogP contribution in [-0.2, 0) is 25.7 Å². The summed E-state index contributed by atoms with van der Waals surface area (Å²) in [5.74, 6) is -0.169. The zero-order valence-corrected chi connectivity index (χ0v) is 15.4. The monoisotopic (exact) mass is 405 g/mol. The van der Waals surface area contributed by atoms with E-state index in [2.05, 4.69) is 25.8 Å². The highest BCUT2D eigenvalue weighted by Crippen LogP contribution is 2.36. The number of ether oxygens (including phenoxy) is 1. The number of rotatable bonds is 5. The highest BCUT2D eigenvalue weighted by Gasteiger charge is 2.57. The van der Waals surface area contributed by atoms with E-state index in [9.17, 15) is 14.1 Å². The smallest absolute Gasteiger partial charge is 0.354 e. The number of methoxy groups -OCH3 is 1. The molecule has 0 saturated carbocycles. The normalized spacial score (nSPS) is 21.5. The molecule has 0 aliphatic carbocycles. The highest BCUT2D eigenvalue weighted by atomic mass is 79.9. The molecule has 1 fully saturated rings. The third-order valence-corrected chi connectivity index (χ3v) is 5.70. The quantitative estimate of drug-likeness (QED) is 0.259. The van der Waals surface area contributed by atoms with Crippen molar-refractivity contribution in [2.24, 2.45) is 0 Å². The van der Waals surface area contributed by atoms with E-state index in [1.807, 2.05) is 0 Å². The topological polar surface area (TPSA) is 108 Å². The molecule has 1 aliphatic rings. The first kappa shape index (κ1) is 17.8. The number of hydrogen-bond acceptors (Lipinski definition) is 7. The van der Waals surface area contributed by atoms with Gasteiger partial charge in [-0.2, -0.15) is 4.72 Å². The number of nitrogens with zero attached hydrogens (tertiary/aromatic N) is 2. The van der Waals surface area contributed by atoms with Gasteiger partial charge in [-0.3, -0.25) is 9.69 Å². The first-order valence-electron chi connectivity index (χ1n) is 6.61. The first-order valence-corrected chi connectivity index (χ1v) is 8.74. The third kappa shape index (κ3) is 3.38. The summed E-state index contributed by atoms with van der Waals surface area (Å²) in [4.78, 5) is 24.6. The Balaban J connectivity index is 2.24. The predicted molar refractivity (Wildman–Crippen MR) is 86.7 cm³/mol. The average Bonchev–Trinajstić information content (AvgIpc) is 2.90. The number of β-lactam (4-membered cyclic amide) rings is 1. The molecule has 3 atom stereocenters. The fourth-order valence-electron chi connectivity index (χ4n) is 2.09. The van der Waals surface area contributed by atoms with Crippen LogP contribution >= 0.6 is 15.9 Å². The van der Waals surface area contributed by atoms with Gasteiger partial charge < -0.3 is 13.8 Å². The number of nitrogens with one attached hydrogen (secondary N) is 1. The van der Waals surface area contributed by atoms with Crippen LogP contribution in [-0.4, -0.2) is 43.8 Å². The lowest BCUT2D eigenvalue weighted by Crippen LogP contribution is -2.66. The molecule has 3 unspecified atom stereocenters. The van der Waals surface area contributed by atoms with Crippen LogP contribution in [0.15, 0.2) is 21.9 Å². The minimum absolute atomic E-state index is 0.0877. The maximum Gasteiger partial charge on any atom is 0.354 e. The molecule has 2 rings (SSSR count). The van der Waals surface area contributed by atoms with Crippen LogP contribution in [0.4, 0.5) is 5.82 Å². The van der Waals surface area contributed by atoms with Gasteiger partial charge in [-0.05, 0) is 26.3 Å². The summed E-state index contributed by atoms with van der Waals surface area (Å²) in [5, 5.41) is 2.92. The number of hydrogen-bond donors (Lipinski definition) is 1. The second-order valence-corrected chi connectivity index (χ2v) is 7.33. The molecule has 8 nitrogen and oxygen atoms in total. The van der Waals surface area contributed by atoms with Crippen molar-refractivity contribution in [1.29, 1.82) is 0 Å². The van der Waals surface area contributed by atoms with Crippen molar-refractivity contribution < 1.29 is 23.4 Å². The Bertz CT molecular complexity index is 658. The summed E-state index contributed by atoms with van der Waals surface area (Å²) in [5.41, 5.74) is 0.675. The number of esters is 1. The second-order valence-electron chi connectivity index (χ2n) is 5.06. The van der Waals surface area contributed by atoms with E-state index in [4.69, 9.17) is 9.26 Å². The molecule has 1 N–H and O–H groups in total. The summed E-state index contributed by atoms with van der Waals surface area (Å²) < 4.78 is 24.8. The van der Waals surface area contributed by atoms with Gasteiger partial charge in [0.1, 0.15) is 11.5 Å². The lowest BCUT2D eigenvalue weighted by Gasteiger charge is -2.43. The Morgan fingerprint density at radius 3 is 2.70 bits per heavy atom. The SMILES string of the molecule is COC(=O)C(=C(C)C)N1C(=O)C(Br)C1[S+]([O-])Nc1cc(C)on1. The van der Waals surface area contributed by atoms with Gasteiger partial charge in [-0.25, -0.2) is 4.79 Å². The van der Waals surface area contributed by atoms with E-state index >= 15 is 0 Å². The van der Waals surface area contributed by atoms with E-state index in [1.165, 1.54) is 12.0 Å². The van der Waals surface area contributed by atoms with Crippen LogP contribution in [0.3, 0.4) is 0 Å². The minimum atomic E-state index is -1.71. The van der Waals surface area contributed by atoms with Crippen LogP contribution in [0.5, 0.6) is 0 Å². The Labute approximate surface area is 144 Å². The van der Waals surface area contributed by atoms with Crippen LogP contribution in [0.25, 0.3) is 0 Å². The molecule has 1 amide bonds. The largest absolute Gasteiger partial charge is 0.591 e. The highest BCUT2D eigenvalue weighted by molar-refractivity contribution is 9.10. The Morgan fingerprint density at radius 2 is 2.22 bits per heavy atom. The zero-order valence-electron chi connectivity index (χ0n) is 13.0. The molecule has 0 aromatic carbocycles. The van der Waals surface area contributed by atoms with Crippen LogP contribution < -0.4 is 4.72 Å². The number of amides is 1. The van der Waals surface area contributed by atoms with Crippen LogP contribution in [0.1, 0.15) is 19.6 Å². The Hall–Kier alpha value is -1.52. The summed E-state index contributed by atoms with van der Waals surface area (Å²) in [6.45, 7) is 5.05. The molecule has 1 aromatic rings. The van der Waals surface area contributed by atoms with Crippen molar-refractivity contribution >= 4 is 45.0 Å². The lowest BCUT2D eigenvalue weighted by molar-refractivity contribution is -0.147. The molecule has 1 aromatic heterocycles. The number of likely N-dealkylation sites (tertiary alicyclic amines) is 1. The molecule has 0 bridgehead atoms. The van der Waals surface area contributed by atoms with Crippen molar-refractivity contribution in [3.8, 4) is 0 Å². The fraction of sp³-hybridized carbons (Fsp3) is 0.462. The van der Waals surface area contributed by atoms with Gasteiger partial charge in [-0.1, -0.05) is 21.1 Å². The second kappa shape index (κ2) is 6.93. The molecule has 10 heteroatoms. The fourth-order valence-corrected chi connectivity index (χ4v) is 4.29. The molecular weight excluding hydrogens is 390 g/mol. The van der Waals surface area contributed by atoms with Gasteiger partial charge in [-0.15, -0.1) is 0 Å². The van der Waals surface area contributed by atoms with Crippen molar-refractivity contribution in [2.45, 2.75) is 31.0 Å². The summed E-state index contributed by atoms with van der Waals surface area (Å²) in [6.07, 6.45) is 0. The molecule has 1 aliphatic heterocycles. The summed E-state index contributed by atoms with van der Waals surface area (Å²) in [7, 11) is 1.23. The molecule has 0 spiro atoms. The number of carbonyl (C=O) groups excluding carboxylic acids is 2. The predicted octanol–water partition coefficient (Wildman–Crippen LogP) is 1.46. The van der Waals surface area contributed by atoms with Gasteiger partial charge in [0.15, 0.2) is 4.83 Å². The van der Waals surface area contributed by atoms with Crippen molar-refractivity contribution in [2.75, 3.05) is 11.8 Å². The third-order valence-electron chi connectivity index (χ3n) is 3.12. The van der Waals surface area contributed by atoms with Crippen molar-refractivity contribution in [3.05, 3.63) is 23.1 Å². The average molecular weight is 406 g/mol. The number of carbonyl (C=O) groups is 2. The van der Waals surface area contributed by atoms with Gasteiger partial charge in [0.05, 0.1) is 18.5 Å². The number of aryl methyl sites for hydroxylation is 1. The van der Waals surface area contributed by atoms with Crippen LogP contribution in [0.2, 0.25) is 0 Å². The van der Waals surface area contributed by atoms with E-state index in [1.54, 1.807) is 26.8 Å². The lowest BCUT2D eigenvalue weighted by atomic mass is 10.1. The molecule has 0 radical (unpaired) electrons. The number of aromatic nitrogens is 1. The summed E-state index contributed by atoms with van der Waals surface area (Å²) in [6, 6.07) is 1.58. The van der Waals surface area contributed by atoms with Gasteiger partial charge >= 0.3 is 5.97 Å². The standard InChI is InChI=1S/C13H16BrN3O5S/c1-6(2)10(13(19)21-4)17-11(18)9(14)12(17)23(20)16-8-5-7(3)22-15-8/h5,9,12H,1-4H3,(H,15,16). The number of alkyl halides is 1.